The zero-order chi connectivity index (χ0) is 15.9. The van der Waals surface area contributed by atoms with Gasteiger partial charge in [0.15, 0.2) is 0 Å². The molecule has 0 spiro atoms. The van der Waals surface area contributed by atoms with Crippen LogP contribution in [0.3, 0.4) is 0 Å². The van der Waals surface area contributed by atoms with E-state index < -0.39 is 22.0 Å². The summed E-state index contributed by atoms with van der Waals surface area (Å²) in [5, 5.41) is 0. The van der Waals surface area contributed by atoms with Crippen molar-refractivity contribution >= 4 is 16.0 Å². The van der Waals surface area contributed by atoms with Crippen molar-refractivity contribution in [3.8, 4) is 0 Å². The molecule has 0 saturated heterocycles. The summed E-state index contributed by atoms with van der Waals surface area (Å²) in [6, 6.07) is 5.56. The van der Waals surface area contributed by atoms with Crippen LogP contribution in [-0.2, 0) is 19.6 Å². The highest BCUT2D eigenvalue weighted by molar-refractivity contribution is 7.89. The quantitative estimate of drug-likeness (QED) is 0.429. The number of carbonyl (C=O) groups excluding carboxylic acids is 1. The number of nitrogens with one attached hydrogen (secondary N) is 2. The van der Waals surface area contributed by atoms with Crippen molar-refractivity contribution in [3.63, 3.8) is 0 Å². The van der Waals surface area contributed by atoms with Gasteiger partial charge in [-0.3, -0.25) is 4.79 Å². The Kier molecular flexibility index (Phi) is 6.54. The smallest absolute Gasteiger partial charge is 0.324 e. The maximum Gasteiger partial charge on any atom is 0.324 e. The summed E-state index contributed by atoms with van der Waals surface area (Å²) >= 11 is 0. The van der Waals surface area contributed by atoms with Crippen LogP contribution in [0.4, 0.5) is 0 Å². The Morgan fingerprint density at radius 1 is 1.38 bits per heavy atom. The van der Waals surface area contributed by atoms with Crippen LogP contribution in [-0.4, -0.2) is 27.0 Å². The first kappa shape index (κ1) is 17.4. The number of sulfonamides is 1. The predicted molar refractivity (Wildman–Crippen MR) is 79.9 cm³/mol. The summed E-state index contributed by atoms with van der Waals surface area (Å²) in [4.78, 5) is 14.0. The highest BCUT2D eigenvalue weighted by atomic mass is 32.2. The fourth-order valence-corrected chi connectivity index (χ4v) is 2.46. The van der Waals surface area contributed by atoms with Gasteiger partial charge in [0.2, 0.25) is 0 Å². The number of rotatable bonds is 8. The van der Waals surface area contributed by atoms with Gasteiger partial charge in [0.25, 0.3) is 10.0 Å². The number of hydrogen-bond acceptors (Lipinski definition) is 5. The predicted octanol–water partition coefficient (Wildman–Crippen LogP) is 1.29. The molecule has 0 amide bonds. The Morgan fingerprint density at radius 3 is 2.52 bits per heavy atom. The summed E-state index contributed by atoms with van der Waals surface area (Å²) in [6.07, 6.45) is 1.75. The van der Waals surface area contributed by atoms with Gasteiger partial charge in [-0.05, 0) is 32.4 Å². The molecule has 0 radical (unpaired) electrons. The molecule has 0 saturated carbocycles. The van der Waals surface area contributed by atoms with E-state index >= 15 is 0 Å². The molecule has 1 atom stereocenters. The van der Waals surface area contributed by atoms with Crippen molar-refractivity contribution in [3.05, 3.63) is 42.5 Å². The molecule has 0 aliphatic rings. The van der Waals surface area contributed by atoms with Crippen molar-refractivity contribution in [1.29, 1.82) is 0 Å². The lowest BCUT2D eigenvalue weighted by Crippen LogP contribution is -2.48. The second-order valence-corrected chi connectivity index (χ2v) is 6.07. The minimum Gasteiger partial charge on any atom is -0.465 e. The third-order valence-corrected chi connectivity index (χ3v) is 3.95. The van der Waals surface area contributed by atoms with Crippen LogP contribution in [0.2, 0.25) is 0 Å². The van der Waals surface area contributed by atoms with E-state index in [4.69, 9.17) is 4.74 Å². The van der Waals surface area contributed by atoms with Crippen molar-refractivity contribution in [1.82, 2.24) is 10.3 Å². The van der Waals surface area contributed by atoms with Crippen molar-refractivity contribution in [2.45, 2.75) is 31.2 Å². The number of esters is 1. The summed E-state index contributed by atoms with van der Waals surface area (Å²) in [5.41, 5.74) is 3.43. The lowest BCUT2D eigenvalue weighted by atomic mass is 10.2. The number of hydrogen-bond donors (Lipinski definition) is 2. The van der Waals surface area contributed by atoms with Gasteiger partial charge in [0, 0.05) is 0 Å². The molecule has 7 heteroatoms. The van der Waals surface area contributed by atoms with Crippen LogP contribution >= 0.6 is 0 Å². The third-order valence-electron chi connectivity index (χ3n) is 2.67. The van der Waals surface area contributed by atoms with E-state index in [-0.39, 0.29) is 17.9 Å². The van der Waals surface area contributed by atoms with Crippen LogP contribution in [0.25, 0.3) is 0 Å². The van der Waals surface area contributed by atoms with Gasteiger partial charge in [-0.1, -0.05) is 23.8 Å². The molecular weight excluding hydrogens is 292 g/mol. The Labute approximate surface area is 125 Å². The van der Waals surface area contributed by atoms with Gasteiger partial charge in [-0.25, -0.2) is 13.8 Å². The molecule has 0 aromatic heterocycles. The largest absolute Gasteiger partial charge is 0.465 e. The maximum absolute atomic E-state index is 12.1. The molecule has 0 heterocycles. The molecule has 0 bridgehead atoms. The first-order valence-corrected chi connectivity index (χ1v) is 8.00. The van der Waals surface area contributed by atoms with Gasteiger partial charge in [-0.2, -0.15) is 0 Å². The van der Waals surface area contributed by atoms with Crippen LogP contribution in [0.5, 0.6) is 0 Å². The van der Waals surface area contributed by atoms with E-state index in [1.807, 2.05) is 6.92 Å². The highest BCUT2D eigenvalue weighted by Crippen LogP contribution is 2.09. The minimum absolute atomic E-state index is 0.113. The van der Waals surface area contributed by atoms with E-state index in [1.165, 1.54) is 18.2 Å². The monoisotopic (exact) mass is 312 g/mol. The number of aryl methyl sites for hydroxylation is 1. The third kappa shape index (κ3) is 5.30. The first-order valence-electron chi connectivity index (χ1n) is 6.52. The van der Waals surface area contributed by atoms with Crippen LogP contribution in [0.1, 0.15) is 18.9 Å². The Hall–Kier alpha value is -1.70. The Bertz CT molecular complexity index is 581. The van der Waals surface area contributed by atoms with E-state index in [9.17, 15) is 13.2 Å². The summed E-state index contributed by atoms with van der Waals surface area (Å²) < 4.78 is 29.0. The number of ether oxygens (including phenoxy) is 1. The van der Waals surface area contributed by atoms with Crippen LogP contribution in [0.15, 0.2) is 41.8 Å². The standard InChI is InChI=1S/C14H20N2O4S/c1-4-6-13(14(17)20-5-2)15-16-21(18,19)12-9-7-11(3)8-10-12/h4,7-10,13,15-16H,1,5-6H2,2-3H3/t13-/m0/s1. The van der Waals surface area contributed by atoms with Gasteiger partial charge in [0.1, 0.15) is 6.04 Å². The van der Waals surface area contributed by atoms with E-state index in [2.05, 4.69) is 16.8 Å². The molecule has 1 rings (SSSR count). The van der Waals surface area contributed by atoms with Gasteiger partial charge >= 0.3 is 5.97 Å². The second kappa shape index (κ2) is 7.92. The molecule has 2 N–H and O–H groups in total. The lowest BCUT2D eigenvalue weighted by molar-refractivity contribution is -0.145. The van der Waals surface area contributed by atoms with Crippen molar-refractivity contribution in [2.75, 3.05) is 6.61 Å². The molecule has 0 fully saturated rings. The van der Waals surface area contributed by atoms with Crippen LogP contribution in [0, 0.1) is 6.92 Å². The average molecular weight is 312 g/mol. The molecule has 0 unspecified atom stereocenters. The normalized spacial score (nSPS) is 12.7. The average Bonchev–Trinajstić information content (AvgIpc) is 2.44. The molecule has 116 valence electrons. The van der Waals surface area contributed by atoms with Crippen molar-refractivity contribution < 1.29 is 17.9 Å². The van der Waals surface area contributed by atoms with Gasteiger partial charge < -0.3 is 4.74 Å². The summed E-state index contributed by atoms with van der Waals surface area (Å²) in [5.74, 6) is -0.538. The first-order chi connectivity index (χ1) is 9.90. The highest BCUT2D eigenvalue weighted by Gasteiger charge is 2.21. The fourth-order valence-electron chi connectivity index (χ4n) is 1.55. The number of hydrazine groups is 1. The SMILES string of the molecule is C=CC[C@H](NNS(=O)(=O)c1ccc(C)cc1)C(=O)OCC. The van der Waals surface area contributed by atoms with Crippen molar-refractivity contribution in [2.24, 2.45) is 0 Å². The van der Waals surface area contributed by atoms with Gasteiger partial charge in [-0.15, -0.1) is 11.4 Å². The fraction of sp³-hybridized carbons (Fsp3) is 0.357. The van der Waals surface area contributed by atoms with Crippen LogP contribution < -0.4 is 10.3 Å². The zero-order valence-electron chi connectivity index (χ0n) is 12.1. The Balaban J connectivity index is 2.76. The molecule has 6 nitrogen and oxygen atoms in total. The number of carbonyl (C=O) groups is 1. The lowest BCUT2D eigenvalue weighted by Gasteiger charge is -2.16. The van der Waals surface area contributed by atoms with E-state index in [0.29, 0.717) is 0 Å². The molecule has 1 aromatic rings. The van der Waals surface area contributed by atoms with E-state index in [0.717, 1.165) is 5.56 Å². The molecule has 1 aromatic carbocycles. The zero-order valence-corrected chi connectivity index (χ0v) is 12.9. The minimum atomic E-state index is -3.74. The summed E-state index contributed by atoms with van der Waals surface area (Å²) in [6.45, 7) is 7.30. The van der Waals surface area contributed by atoms with E-state index in [1.54, 1.807) is 19.1 Å². The Morgan fingerprint density at radius 2 is 2.00 bits per heavy atom. The maximum atomic E-state index is 12.1. The second-order valence-electron chi connectivity index (χ2n) is 4.39. The molecule has 0 aliphatic heterocycles. The molecular formula is C14H20N2O4S. The number of benzene rings is 1. The summed E-state index contributed by atoms with van der Waals surface area (Å²) in [7, 11) is -3.74. The molecule has 21 heavy (non-hydrogen) atoms. The molecule has 0 aliphatic carbocycles. The van der Waals surface area contributed by atoms with Gasteiger partial charge in [0.05, 0.1) is 11.5 Å². The topological polar surface area (TPSA) is 84.5 Å².